The Bertz CT molecular complexity index is 738. The number of carbonyl (C=O) groups is 1. The maximum atomic E-state index is 12.2. The average Bonchev–Trinajstić information content (AvgIpc) is 2.85. The smallest absolute Gasteiger partial charge is 0.271 e. The summed E-state index contributed by atoms with van der Waals surface area (Å²) in [7, 11) is -3.63. The normalized spacial score (nSPS) is 11.4. The monoisotopic (exact) mass is 322 g/mol. The number of hydrogen-bond acceptors (Lipinski definition) is 4. The van der Waals surface area contributed by atoms with Crippen molar-refractivity contribution in [3.05, 3.63) is 47.8 Å². The minimum Gasteiger partial charge on any atom is -0.348 e. The Kier molecular flexibility index (Phi) is 4.81. The van der Waals surface area contributed by atoms with Crippen LogP contribution in [0, 0.1) is 0 Å². The minimum atomic E-state index is -3.63. The topological polar surface area (TPSA) is 104 Å². The van der Waals surface area contributed by atoms with Crippen LogP contribution in [-0.2, 0) is 15.8 Å². The first-order chi connectivity index (χ1) is 10.4. The van der Waals surface area contributed by atoms with Crippen molar-refractivity contribution in [2.75, 3.05) is 4.72 Å². The molecule has 7 nitrogen and oxygen atoms in total. The summed E-state index contributed by atoms with van der Waals surface area (Å²) in [6.07, 6.45) is 1.28. The first-order valence-electron chi connectivity index (χ1n) is 6.76. The Hall–Kier alpha value is -2.35. The second-order valence-electron chi connectivity index (χ2n) is 5.13. The first kappa shape index (κ1) is 16.0. The number of amides is 1. The molecule has 0 spiro atoms. The van der Waals surface area contributed by atoms with Gasteiger partial charge in [0.2, 0.25) is 10.0 Å². The minimum absolute atomic E-state index is 0.0652. The Balaban J connectivity index is 2.14. The van der Waals surface area contributed by atoms with Gasteiger partial charge in [-0.05, 0) is 19.4 Å². The van der Waals surface area contributed by atoms with E-state index in [1.165, 1.54) is 6.20 Å². The van der Waals surface area contributed by atoms with E-state index >= 15 is 0 Å². The summed E-state index contributed by atoms with van der Waals surface area (Å²) in [5, 5.41) is 8.91. The largest absolute Gasteiger partial charge is 0.348 e. The van der Waals surface area contributed by atoms with E-state index in [-0.39, 0.29) is 23.2 Å². The van der Waals surface area contributed by atoms with Crippen LogP contribution in [0.3, 0.4) is 0 Å². The SMILES string of the molecule is CC(C)NC(=O)c1[nH]ncc1NS(=O)(=O)Cc1ccccc1. The fraction of sp³-hybridized carbons (Fsp3) is 0.286. The Labute approximate surface area is 129 Å². The van der Waals surface area contributed by atoms with Crippen molar-refractivity contribution in [1.82, 2.24) is 15.5 Å². The second-order valence-corrected chi connectivity index (χ2v) is 6.86. The molecule has 0 atom stereocenters. The summed E-state index contributed by atoms with van der Waals surface area (Å²) in [4.78, 5) is 12.0. The zero-order valence-corrected chi connectivity index (χ0v) is 13.1. The highest BCUT2D eigenvalue weighted by Crippen LogP contribution is 2.16. The van der Waals surface area contributed by atoms with E-state index in [1.807, 2.05) is 19.9 Å². The second kappa shape index (κ2) is 6.61. The quantitative estimate of drug-likeness (QED) is 0.749. The molecule has 0 saturated heterocycles. The van der Waals surface area contributed by atoms with Gasteiger partial charge in [-0.15, -0.1) is 0 Å². The highest BCUT2D eigenvalue weighted by molar-refractivity contribution is 7.91. The summed E-state index contributed by atoms with van der Waals surface area (Å²) < 4.78 is 26.7. The van der Waals surface area contributed by atoms with Gasteiger partial charge in [0.25, 0.3) is 5.91 Å². The van der Waals surface area contributed by atoms with Crippen molar-refractivity contribution in [1.29, 1.82) is 0 Å². The summed E-state index contributed by atoms with van der Waals surface area (Å²) in [5.74, 6) is -0.588. The lowest BCUT2D eigenvalue weighted by atomic mass is 10.2. The number of aromatic nitrogens is 2. The van der Waals surface area contributed by atoms with Gasteiger partial charge in [0.15, 0.2) is 0 Å². The van der Waals surface area contributed by atoms with Crippen molar-refractivity contribution >= 4 is 21.6 Å². The van der Waals surface area contributed by atoms with Crippen LogP contribution in [0.2, 0.25) is 0 Å². The van der Waals surface area contributed by atoms with Crippen LogP contribution in [0.1, 0.15) is 29.9 Å². The van der Waals surface area contributed by atoms with Crippen LogP contribution in [0.25, 0.3) is 0 Å². The lowest BCUT2D eigenvalue weighted by Gasteiger charge is -2.10. The predicted octanol–water partition coefficient (Wildman–Crippen LogP) is 1.49. The van der Waals surface area contributed by atoms with Crippen LogP contribution < -0.4 is 10.0 Å². The molecule has 1 aromatic heterocycles. The van der Waals surface area contributed by atoms with E-state index in [2.05, 4.69) is 20.2 Å². The molecule has 118 valence electrons. The number of carbonyl (C=O) groups excluding carboxylic acids is 1. The molecule has 0 saturated carbocycles. The molecule has 2 aromatic rings. The summed E-state index contributed by atoms with van der Waals surface area (Å²) in [5.41, 5.74) is 0.881. The molecule has 0 unspecified atom stereocenters. The molecule has 1 aromatic carbocycles. The number of benzene rings is 1. The van der Waals surface area contributed by atoms with Crippen molar-refractivity contribution in [2.24, 2.45) is 0 Å². The first-order valence-corrected chi connectivity index (χ1v) is 8.41. The number of aromatic amines is 1. The maximum Gasteiger partial charge on any atom is 0.271 e. The number of nitrogens with zero attached hydrogens (tertiary/aromatic N) is 1. The molecular weight excluding hydrogens is 304 g/mol. The van der Waals surface area contributed by atoms with Crippen molar-refractivity contribution in [3.63, 3.8) is 0 Å². The molecular formula is C14H18N4O3S. The number of anilines is 1. The third-order valence-corrected chi connectivity index (χ3v) is 4.00. The number of sulfonamides is 1. The van der Waals surface area contributed by atoms with Crippen molar-refractivity contribution in [2.45, 2.75) is 25.6 Å². The van der Waals surface area contributed by atoms with Gasteiger partial charge in [0.05, 0.1) is 17.6 Å². The van der Waals surface area contributed by atoms with Crippen LogP contribution >= 0.6 is 0 Å². The fourth-order valence-electron chi connectivity index (χ4n) is 1.87. The van der Waals surface area contributed by atoms with E-state index in [9.17, 15) is 13.2 Å². The lowest BCUT2D eigenvalue weighted by Crippen LogP contribution is -2.31. The number of hydrogen-bond donors (Lipinski definition) is 3. The third-order valence-electron chi connectivity index (χ3n) is 2.75. The van der Waals surface area contributed by atoms with Gasteiger partial charge in [0, 0.05) is 6.04 Å². The lowest BCUT2D eigenvalue weighted by molar-refractivity contribution is 0.0939. The zero-order valence-electron chi connectivity index (χ0n) is 12.3. The maximum absolute atomic E-state index is 12.2. The molecule has 8 heteroatoms. The standard InChI is InChI=1S/C14H18N4O3S/c1-10(2)16-14(19)13-12(8-15-17-13)18-22(20,21)9-11-6-4-3-5-7-11/h3-8,10,18H,9H2,1-2H3,(H,15,17)(H,16,19). The number of H-pyrrole nitrogens is 1. The van der Waals surface area contributed by atoms with Gasteiger partial charge in [0.1, 0.15) is 5.69 Å². The molecule has 22 heavy (non-hydrogen) atoms. The third kappa shape index (κ3) is 4.32. The molecule has 1 heterocycles. The number of rotatable bonds is 6. The van der Waals surface area contributed by atoms with Gasteiger partial charge in [-0.1, -0.05) is 30.3 Å². The van der Waals surface area contributed by atoms with Gasteiger partial charge >= 0.3 is 0 Å². The van der Waals surface area contributed by atoms with Crippen molar-refractivity contribution in [3.8, 4) is 0 Å². The molecule has 0 fully saturated rings. The highest BCUT2D eigenvalue weighted by atomic mass is 32.2. The van der Waals surface area contributed by atoms with Crippen molar-refractivity contribution < 1.29 is 13.2 Å². The van der Waals surface area contributed by atoms with E-state index in [4.69, 9.17) is 0 Å². The molecule has 0 aliphatic heterocycles. The molecule has 0 radical (unpaired) electrons. The molecule has 0 bridgehead atoms. The molecule has 0 aliphatic carbocycles. The average molecular weight is 322 g/mol. The van der Waals surface area contributed by atoms with Crippen LogP contribution in [-0.4, -0.2) is 30.6 Å². The Morgan fingerprint density at radius 3 is 2.59 bits per heavy atom. The molecule has 2 rings (SSSR count). The highest BCUT2D eigenvalue weighted by Gasteiger charge is 2.19. The van der Waals surface area contributed by atoms with Crippen LogP contribution in [0.15, 0.2) is 36.5 Å². The predicted molar refractivity (Wildman–Crippen MR) is 83.9 cm³/mol. The Morgan fingerprint density at radius 1 is 1.27 bits per heavy atom. The van der Waals surface area contributed by atoms with E-state index in [1.54, 1.807) is 24.3 Å². The molecule has 1 amide bonds. The zero-order chi connectivity index (χ0) is 16.2. The fourth-order valence-corrected chi connectivity index (χ4v) is 3.06. The van der Waals surface area contributed by atoms with E-state index < -0.39 is 15.9 Å². The number of nitrogens with one attached hydrogen (secondary N) is 3. The summed E-state index contributed by atoms with van der Waals surface area (Å²) in [6, 6.07) is 8.73. The summed E-state index contributed by atoms with van der Waals surface area (Å²) in [6.45, 7) is 3.63. The van der Waals surface area contributed by atoms with E-state index in [0.29, 0.717) is 5.56 Å². The van der Waals surface area contributed by atoms with E-state index in [0.717, 1.165) is 0 Å². The van der Waals surface area contributed by atoms with Gasteiger partial charge < -0.3 is 5.32 Å². The molecule has 0 aliphatic rings. The van der Waals surface area contributed by atoms with Crippen LogP contribution in [0.4, 0.5) is 5.69 Å². The Morgan fingerprint density at radius 2 is 1.95 bits per heavy atom. The van der Waals surface area contributed by atoms with Gasteiger partial charge in [-0.2, -0.15) is 5.10 Å². The van der Waals surface area contributed by atoms with Gasteiger partial charge in [-0.3, -0.25) is 14.6 Å². The van der Waals surface area contributed by atoms with Gasteiger partial charge in [-0.25, -0.2) is 8.42 Å². The van der Waals surface area contributed by atoms with Crippen LogP contribution in [0.5, 0.6) is 0 Å². The molecule has 3 N–H and O–H groups in total. The summed E-state index contributed by atoms with van der Waals surface area (Å²) >= 11 is 0.